The maximum Gasteiger partial charge on any atom is 0.270 e. The lowest BCUT2D eigenvalue weighted by atomic mass is 10.2. The highest BCUT2D eigenvalue weighted by atomic mass is 16.3. The fourth-order valence-electron chi connectivity index (χ4n) is 2.34. The van der Waals surface area contributed by atoms with Crippen molar-refractivity contribution in [1.82, 2.24) is 19.9 Å². The zero-order valence-corrected chi connectivity index (χ0v) is 13.5. The summed E-state index contributed by atoms with van der Waals surface area (Å²) in [5, 5.41) is 7.43. The number of hydrogen-bond donors (Lipinski definition) is 1. The number of rotatable bonds is 5. The Morgan fingerprint density at radius 1 is 1.39 bits per heavy atom. The summed E-state index contributed by atoms with van der Waals surface area (Å²) in [6.45, 7) is 6.77. The van der Waals surface area contributed by atoms with Crippen molar-refractivity contribution in [1.29, 1.82) is 0 Å². The van der Waals surface area contributed by atoms with Crippen molar-refractivity contribution < 1.29 is 9.21 Å². The first kappa shape index (κ1) is 15.3. The van der Waals surface area contributed by atoms with E-state index < -0.39 is 0 Å². The van der Waals surface area contributed by atoms with E-state index in [4.69, 9.17) is 4.42 Å². The maximum absolute atomic E-state index is 12.3. The van der Waals surface area contributed by atoms with Gasteiger partial charge in [-0.05, 0) is 30.5 Å². The van der Waals surface area contributed by atoms with Crippen molar-refractivity contribution in [2.45, 2.75) is 27.2 Å². The quantitative estimate of drug-likeness (QED) is 0.786. The number of fused-ring (bicyclic) bond motifs is 1. The van der Waals surface area contributed by atoms with Crippen LogP contribution < -0.4 is 5.32 Å². The molecule has 0 fully saturated rings. The van der Waals surface area contributed by atoms with Crippen LogP contribution in [0, 0.1) is 5.92 Å². The van der Waals surface area contributed by atoms with Gasteiger partial charge in [0.05, 0.1) is 6.26 Å². The predicted octanol–water partition coefficient (Wildman–Crippen LogP) is 2.94. The normalized spacial score (nSPS) is 11.3. The van der Waals surface area contributed by atoms with E-state index in [0.29, 0.717) is 35.3 Å². The summed E-state index contributed by atoms with van der Waals surface area (Å²) in [5.41, 5.74) is 2.70. The molecule has 0 saturated carbocycles. The van der Waals surface area contributed by atoms with Crippen LogP contribution in [-0.2, 0) is 6.42 Å². The van der Waals surface area contributed by atoms with E-state index in [1.165, 1.54) is 0 Å². The molecule has 0 aliphatic heterocycles. The van der Waals surface area contributed by atoms with E-state index in [1.807, 2.05) is 25.1 Å². The largest absolute Gasteiger partial charge is 0.463 e. The number of carbonyl (C=O) groups is 1. The molecule has 0 spiro atoms. The third kappa shape index (κ3) is 3.11. The van der Waals surface area contributed by atoms with Crippen LogP contribution in [0.4, 0.5) is 0 Å². The molecule has 3 heterocycles. The van der Waals surface area contributed by atoms with Crippen LogP contribution in [-0.4, -0.2) is 27.0 Å². The number of aryl methyl sites for hydroxylation is 1. The van der Waals surface area contributed by atoms with Crippen LogP contribution in [0.1, 0.15) is 37.0 Å². The van der Waals surface area contributed by atoms with Crippen LogP contribution >= 0.6 is 0 Å². The summed E-state index contributed by atoms with van der Waals surface area (Å²) in [7, 11) is 0. The molecule has 3 rings (SSSR count). The van der Waals surface area contributed by atoms with Gasteiger partial charge in [0.15, 0.2) is 11.4 Å². The number of nitrogens with zero attached hydrogens (tertiary/aromatic N) is 3. The molecule has 0 unspecified atom stereocenters. The summed E-state index contributed by atoms with van der Waals surface area (Å²) in [5.74, 6) is 0.925. The van der Waals surface area contributed by atoms with Gasteiger partial charge in [0.1, 0.15) is 11.4 Å². The van der Waals surface area contributed by atoms with Crippen LogP contribution in [0.3, 0.4) is 0 Å². The molecular formula is C17H20N4O2. The molecule has 0 aromatic carbocycles. The predicted molar refractivity (Wildman–Crippen MR) is 87.2 cm³/mol. The first-order chi connectivity index (χ1) is 11.1. The summed E-state index contributed by atoms with van der Waals surface area (Å²) in [6, 6.07) is 7.29. The monoisotopic (exact) mass is 312 g/mol. The van der Waals surface area contributed by atoms with E-state index >= 15 is 0 Å². The molecule has 6 nitrogen and oxygen atoms in total. The number of nitrogens with one attached hydrogen (secondary N) is 1. The Labute approximate surface area is 134 Å². The van der Waals surface area contributed by atoms with Crippen LogP contribution in [0.15, 0.2) is 34.9 Å². The zero-order chi connectivity index (χ0) is 16.4. The van der Waals surface area contributed by atoms with E-state index in [9.17, 15) is 4.79 Å². The molecule has 120 valence electrons. The second-order valence-corrected chi connectivity index (χ2v) is 5.87. The highest BCUT2D eigenvalue weighted by Crippen LogP contribution is 2.20. The molecule has 1 amide bonds. The summed E-state index contributed by atoms with van der Waals surface area (Å²) in [4.78, 5) is 16.7. The average Bonchev–Trinajstić information content (AvgIpc) is 3.19. The lowest BCUT2D eigenvalue weighted by Gasteiger charge is -2.09. The third-order valence-electron chi connectivity index (χ3n) is 3.54. The van der Waals surface area contributed by atoms with Crippen molar-refractivity contribution in [2.24, 2.45) is 5.92 Å². The van der Waals surface area contributed by atoms with E-state index in [-0.39, 0.29) is 5.91 Å². The van der Waals surface area contributed by atoms with Gasteiger partial charge >= 0.3 is 0 Å². The van der Waals surface area contributed by atoms with Crippen LogP contribution in [0.2, 0.25) is 0 Å². The second kappa shape index (κ2) is 6.24. The molecule has 0 atom stereocenters. The van der Waals surface area contributed by atoms with Gasteiger partial charge in [0.2, 0.25) is 0 Å². The molecule has 0 bridgehead atoms. The lowest BCUT2D eigenvalue weighted by molar-refractivity contribution is 0.0944. The van der Waals surface area contributed by atoms with Gasteiger partial charge < -0.3 is 9.73 Å². The van der Waals surface area contributed by atoms with Gasteiger partial charge in [-0.1, -0.05) is 20.8 Å². The average molecular weight is 312 g/mol. The lowest BCUT2D eigenvalue weighted by Crippen LogP contribution is -2.28. The van der Waals surface area contributed by atoms with Gasteiger partial charge in [-0.2, -0.15) is 5.10 Å². The molecular weight excluding hydrogens is 292 g/mol. The van der Waals surface area contributed by atoms with Crippen LogP contribution in [0.5, 0.6) is 0 Å². The first-order valence-corrected chi connectivity index (χ1v) is 7.80. The van der Waals surface area contributed by atoms with Crippen molar-refractivity contribution in [3.63, 3.8) is 0 Å². The van der Waals surface area contributed by atoms with Crippen LogP contribution in [0.25, 0.3) is 17.1 Å². The Balaban J connectivity index is 2.00. The van der Waals surface area contributed by atoms with Gasteiger partial charge in [0.25, 0.3) is 5.91 Å². The summed E-state index contributed by atoms with van der Waals surface area (Å²) in [6.07, 6.45) is 2.36. The van der Waals surface area contributed by atoms with E-state index in [2.05, 4.69) is 29.2 Å². The van der Waals surface area contributed by atoms with Gasteiger partial charge in [-0.25, -0.2) is 9.50 Å². The Bertz CT molecular complexity index is 819. The molecule has 3 aromatic heterocycles. The fraction of sp³-hybridized carbons (Fsp3) is 0.353. The number of carbonyl (C=O) groups excluding carboxylic acids is 1. The van der Waals surface area contributed by atoms with Crippen molar-refractivity contribution in [3.8, 4) is 11.5 Å². The van der Waals surface area contributed by atoms with Gasteiger partial charge in [0, 0.05) is 18.3 Å². The SMILES string of the molecule is CCc1cc(C(=O)NCC(C)C)nc2cc(-c3ccco3)nn12. The maximum atomic E-state index is 12.3. The Hall–Kier alpha value is -2.63. The number of furan rings is 1. The Kier molecular flexibility index (Phi) is 4.14. The first-order valence-electron chi connectivity index (χ1n) is 7.80. The number of hydrogen-bond acceptors (Lipinski definition) is 4. The zero-order valence-electron chi connectivity index (χ0n) is 13.5. The standard InChI is InChI=1S/C17H20N4O2/c1-4-12-8-14(17(22)18-10-11(2)3)19-16-9-13(20-21(12)16)15-6-5-7-23-15/h5-9,11H,4,10H2,1-3H3,(H,18,22). The molecule has 3 aromatic rings. The Morgan fingerprint density at radius 2 is 2.22 bits per heavy atom. The van der Waals surface area contributed by atoms with Crippen molar-refractivity contribution >= 4 is 11.6 Å². The number of aromatic nitrogens is 3. The van der Waals surface area contributed by atoms with Crippen molar-refractivity contribution in [2.75, 3.05) is 6.54 Å². The smallest absolute Gasteiger partial charge is 0.270 e. The molecule has 0 aliphatic carbocycles. The molecule has 6 heteroatoms. The molecule has 1 N–H and O–H groups in total. The third-order valence-corrected chi connectivity index (χ3v) is 3.54. The second-order valence-electron chi connectivity index (χ2n) is 5.87. The topological polar surface area (TPSA) is 72.4 Å². The highest BCUT2D eigenvalue weighted by molar-refractivity contribution is 5.92. The minimum absolute atomic E-state index is 0.156. The number of amides is 1. The highest BCUT2D eigenvalue weighted by Gasteiger charge is 2.15. The van der Waals surface area contributed by atoms with Gasteiger partial charge in [-0.15, -0.1) is 0 Å². The minimum Gasteiger partial charge on any atom is -0.463 e. The molecule has 0 saturated heterocycles. The Morgan fingerprint density at radius 3 is 2.87 bits per heavy atom. The van der Waals surface area contributed by atoms with E-state index in [0.717, 1.165) is 12.1 Å². The summed E-state index contributed by atoms with van der Waals surface area (Å²) >= 11 is 0. The minimum atomic E-state index is -0.156. The molecule has 0 radical (unpaired) electrons. The fourth-order valence-corrected chi connectivity index (χ4v) is 2.34. The van der Waals surface area contributed by atoms with Gasteiger partial charge in [-0.3, -0.25) is 4.79 Å². The van der Waals surface area contributed by atoms with E-state index in [1.54, 1.807) is 16.8 Å². The molecule has 23 heavy (non-hydrogen) atoms. The molecule has 0 aliphatic rings. The summed E-state index contributed by atoms with van der Waals surface area (Å²) < 4.78 is 7.14. The van der Waals surface area contributed by atoms with Crippen molar-refractivity contribution in [3.05, 3.63) is 41.9 Å².